The van der Waals surface area contributed by atoms with Gasteiger partial charge in [-0.05, 0) is 53.2 Å². The molecule has 0 spiro atoms. The van der Waals surface area contributed by atoms with Crippen LogP contribution in [0, 0.1) is 12.7 Å². The van der Waals surface area contributed by atoms with Crippen molar-refractivity contribution in [2.75, 3.05) is 13.2 Å². The minimum absolute atomic E-state index is 0.273. The van der Waals surface area contributed by atoms with Crippen LogP contribution in [-0.4, -0.2) is 13.2 Å². The maximum Gasteiger partial charge on any atom is 0.133 e. The number of nitrogens with one attached hydrogen (secondary N) is 1. The van der Waals surface area contributed by atoms with E-state index in [0.717, 1.165) is 13.1 Å². The third kappa shape index (κ3) is 4.60. The van der Waals surface area contributed by atoms with Crippen LogP contribution in [-0.2, 0) is 6.54 Å². The first-order valence-corrected chi connectivity index (χ1v) is 7.60. The van der Waals surface area contributed by atoms with Crippen LogP contribution in [0.1, 0.15) is 9.75 Å². The van der Waals surface area contributed by atoms with E-state index in [1.54, 1.807) is 17.4 Å². The molecule has 1 aromatic heterocycles. The smallest absolute Gasteiger partial charge is 0.133 e. The van der Waals surface area contributed by atoms with Crippen molar-refractivity contribution in [1.82, 2.24) is 5.32 Å². The Labute approximate surface area is 124 Å². The SMILES string of the molecule is Cc1ccc(CNCCOc2ccc(F)cc2Br)s1. The highest BCUT2D eigenvalue weighted by Crippen LogP contribution is 2.25. The summed E-state index contributed by atoms with van der Waals surface area (Å²) >= 11 is 5.07. The number of rotatable bonds is 6. The first kappa shape index (κ1) is 14.5. The molecule has 0 bridgehead atoms. The van der Waals surface area contributed by atoms with E-state index in [1.165, 1.54) is 21.9 Å². The fraction of sp³-hybridized carbons (Fsp3) is 0.286. The Morgan fingerprint density at radius 1 is 1.32 bits per heavy atom. The van der Waals surface area contributed by atoms with Crippen molar-refractivity contribution < 1.29 is 9.13 Å². The largest absolute Gasteiger partial charge is 0.491 e. The summed E-state index contributed by atoms with van der Waals surface area (Å²) in [5, 5.41) is 3.31. The lowest BCUT2D eigenvalue weighted by molar-refractivity contribution is 0.311. The lowest BCUT2D eigenvalue weighted by atomic mass is 10.3. The Morgan fingerprint density at radius 3 is 2.84 bits per heavy atom. The van der Waals surface area contributed by atoms with E-state index >= 15 is 0 Å². The van der Waals surface area contributed by atoms with Gasteiger partial charge in [0.2, 0.25) is 0 Å². The van der Waals surface area contributed by atoms with Crippen LogP contribution in [0.2, 0.25) is 0 Å². The van der Waals surface area contributed by atoms with Crippen LogP contribution >= 0.6 is 27.3 Å². The number of thiophene rings is 1. The Morgan fingerprint density at radius 2 is 2.16 bits per heavy atom. The zero-order chi connectivity index (χ0) is 13.7. The average Bonchev–Trinajstić information content (AvgIpc) is 2.77. The summed E-state index contributed by atoms with van der Waals surface area (Å²) in [6.07, 6.45) is 0. The Hall–Kier alpha value is -0.910. The van der Waals surface area contributed by atoms with Crippen molar-refractivity contribution >= 4 is 27.3 Å². The maximum atomic E-state index is 12.9. The van der Waals surface area contributed by atoms with E-state index in [0.29, 0.717) is 16.8 Å². The molecular formula is C14H15BrFNOS. The average molecular weight is 344 g/mol. The van der Waals surface area contributed by atoms with Gasteiger partial charge < -0.3 is 10.1 Å². The van der Waals surface area contributed by atoms with Gasteiger partial charge in [-0.15, -0.1) is 11.3 Å². The molecule has 0 saturated heterocycles. The minimum Gasteiger partial charge on any atom is -0.491 e. The summed E-state index contributed by atoms with van der Waals surface area (Å²) in [6, 6.07) is 8.67. The molecule has 1 heterocycles. The van der Waals surface area contributed by atoms with Gasteiger partial charge in [-0.3, -0.25) is 0 Å². The van der Waals surface area contributed by atoms with Gasteiger partial charge in [0.25, 0.3) is 0 Å². The summed E-state index contributed by atoms with van der Waals surface area (Å²) in [4.78, 5) is 2.64. The van der Waals surface area contributed by atoms with Gasteiger partial charge in [-0.25, -0.2) is 4.39 Å². The van der Waals surface area contributed by atoms with E-state index in [9.17, 15) is 4.39 Å². The molecular weight excluding hydrogens is 329 g/mol. The molecule has 0 amide bonds. The normalized spacial score (nSPS) is 10.7. The van der Waals surface area contributed by atoms with E-state index in [1.807, 2.05) is 0 Å². The van der Waals surface area contributed by atoms with E-state index in [4.69, 9.17) is 4.74 Å². The molecule has 1 N–H and O–H groups in total. The van der Waals surface area contributed by atoms with Crippen molar-refractivity contribution in [1.29, 1.82) is 0 Å². The molecule has 0 unspecified atom stereocenters. The molecule has 1 aromatic carbocycles. The Balaban J connectivity index is 1.69. The number of aryl methyl sites for hydroxylation is 1. The van der Waals surface area contributed by atoms with Crippen molar-refractivity contribution in [3.8, 4) is 5.75 Å². The zero-order valence-electron chi connectivity index (χ0n) is 10.6. The lowest BCUT2D eigenvalue weighted by Crippen LogP contribution is -2.20. The van der Waals surface area contributed by atoms with Gasteiger partial charge in [-0.2, -0.15) is 0 Å². The minimum atomic E-state index is -0.273. The molecule has 19 heavy (non-hydrogen) atoms. The highest BCUT2D eigenvalue weighted by Gasteiger charge is 2.02. The third-order valence-corrected chi connectivity index (χ3v) is 4.15. The highest BCUT2D eigenvalue weighted by molar-refractivity contribution is 9.10. The number of halogens is 2. The van der Waals surface area contributed by atoms with E-state index in [-0.39, 0.29) is 5.82 Å². The van der Waals surface area contributed by atoms with Gasteiger partial charge in [0, 0.05) is 22.8 Å². The molecule has 0 aliphatic heterocycles. The fourth-order valence-corrected chi connectivity index (χ4v) is 2.94. The molecule has 0 fully saturated rings. The molecule has 0 aliphatic carbocycles. The molecule has 2 nitrogen and oxygen atoms in total. The van der Waals surface area contributed by atoms with E-state index < -0.39 is 0 Å². The van der Waals surface area contributed by atoms with Gasteiger partial charge in [0.05, 0.1) is 4.47 Å². The molecule has 102 valence electrons. The maximum absolute atomic E-state index is 12.9. The fourth-order valence-electron chi connectivity index (χ4n) is 1.62. The first-order valence-electron chi connectivity index (χ1n) is 5.99. The standard InChI is InChI=1S/C14H15BrFNOS/c1-10-2-4-12(19-10)9-17-6-7-18-14-5-3-11(16)8-13(14)15/h2-5,8,17H,6-7,9H2,1H3. The summed E-state index contributed by atoms with van der Waals surface area (Å²) < 4.78 is 19.1. The molecule has 2 aromatic rings. The topological polar surface area (TPSA) is 21.3 Å². The van der Waals surface area contributed by atoms with Gasteiger partial charge in [-0.1, -0.05) is 0 Å². The zero-order valence-corrected chi connectivity index (χ0v) is 13.0. The van der Waals surface area contributed by atoms with Crippen molar-refractivity contribution in [3.63, 3.8) is 0 Å². The molecule has 0 aliphatic rings. The summed E-state index contributed by atoms with van der Waals surface area (Å²) in [5.41, 5.74) is 0. The highest BCUT2D eigenvalue weighted by atomic mass is 79.9. The molecule has 0 saturated carbocycles. The third-order valence-electron chi connectivity index (χ3n) is 2.53. The Bertz CT molecular complexity index is 544. The molecule has 0 radical (unpaired) electrons. The monoisotopic (exact) mass is 343 g/mol. The second kappa shape index (κ2) is 7.03. The number of benzene rings is 1. The quantitative estimate of drug-likeness (QED) is 0.796. The van der Waals surface area contributed by atoms with Crippen LogP contribution in [0.5, 0.6) is 5.75 Å². The molecule has 0 atom stereocenters. The van der Waals surface area contributed by atoms with Crippen LogP contribution in [0.3, 0.4) is 0 Å². The van der Waals surface area contributed by atoms with Crippen molar-refractivity contribution in [2.24, 2.45) is 0 Å². The predicted molar refractivity (Wildman–Crippen MR) is 80.4 cm³/mol. The number of hydrogen-bond donors (Lipinski definition) is 1. The number of ether oxygens (including phenoxy) is 1. The second-order valence-corrected chi connectivity index (χ2v) is 6.34. The van der Waals surface area contributed by atoms with Crippen LogP contribution in [0.4, 0.5) is 4.39 Å². The van der Waals surface area contributed by atoms with Crippen LogP contribution in [0.15, 0.2) is 34.8 Å². The van der Waals surface area contributed by atoms with Gasteiger partial charge >= 0.3 is 0 Å². The summed E-state index contributed by atoms with van der Waals surface area (Å²) in [7, 11) is 0. The van der Waals surface area contributed by atoms with Crippen molar-refractivity contribution in [3.05, 3.63) is 50.4 Å². The number of hydrogen-bond acceptors (Lipinski definition) is 3. The molecule has 2 rings (SSSR count). The van der Waals surface area contributed by atoms with Gasteiger partial charge in [0.15, 0.2) is 0 Å². The lowest BCUT2D eigenvalue weighted by Gasteiger charge is -2.08. The van der Waals surface area contributed by atoms with Gasteiger partial charge in [0.1, 0.15) is 18.2 Å². The van der Waals surface area contributed by atoms with Crippen molar-refractivity contribution in [2.45, 2.75) is 13.5 Å². The summed E-state index contributed by atoms with van der Waals surface area (Å²) in [6.45, 7) is 4.26. The molecule has 5 heteroatoms. The second-order valence-electron chi connectivity index (χ2n) is 4.11. The van der Waals surface area contributed by atoms with Crippen LogP contribution in [0.25, 0.3) is 0 Å². The first-order chi connectivity index (χ1) is 9.15. The predicted octanol–water partition coefficient (Wildman–Crippen LogP) is 4.13. The Kier molecular flexibility index (Phi) is 5.36. The van der Waals surface area contributed by atoms with Crippen LogP contribution < -0.4 is 10.1 Å². The summed E-state index contributed by atoms with van der Waals surface area (Å²) in [5.74, 6) is 0.389. The van der Waals surface area contributed by atoms with E-state index in [2.05, 4.69) is 40.3 Å².